The van der Waals surface area contributed by atoms with Gasteiger partial charge in [0.2, 0.25) is 0 Å². The lowest BCUT2D eigenvalue weighted by atomic mass is 10.2. The predicted octanol–water partition coefficient (Wildman–Crippen LogP) is 3.00. The maximum Gasteiger partial charge on any atom is 0.0783 e. The molecule has 2 rings (SSSR count). The predicted molar refractivity (Wildman–Crippen MR) is 58.0 cm³/mol. The molecule has 0 radical (unpaired) electrons. The zero-order chi connectivity index (χ0) is 8.39. The van der Waals surface area contributed by atoms with Gasteiger partial charge in [-0.2, -0.15) is 5.10 Å². The van der Waals surface area contributed by atoms with Crippen molar-refractivity contribution in [2.24, 2.45) is 0 Å². The van der Waals surface area contributed by atoms with Crippen molar-refractivity contribution < 1.29 is 0 Å². The Morgan fingerprint density at radius 3 is 2.38 bits per heavy atom. The highest BCUT2D eigenvalue weighted by atomic mass is 32.1. The fourth-order valence-electron chi connectivity index (χ4n) is 1.10. The highest BCUT2D eigenvalue weighted by Crippen LogP contribution is 2.22. The third kappa shape index (κ3) is 1.92. The van der Waals surface area contributed by atoms with Crippen LogP contribution >= 0.6 is 12.6 Å². The van der Waals surface area contributed by atoms with Crippen LogP contribution in [0.1, 0.15) is 7.43 Å². The van der Waals surface area contributed by atoms with E-state index in [9.17, 15) is 0 Å². The molecule has 1 aromatic heterocycles. The van der Waals surface area contributed by atoms with Gasteiger partial charge in [-0.25, -0.2) is 0 Å². The molecule has 0 saturated carbocycles. The van der Waals surface area contributed by atoms with E-state index in [-0.39, 0.29) is 7.43 Å². The minimum Gasteiger partial charge on any atom is -0.277 e. The average molecular weight is 192 g/mol. The number of aromatic nitrogens is 2. The van der Waals surface area contributed by atoms with Gasteiger partial charge in [-0.3, -0.25) is 5.10 Å². The van der Waals surface area contributed by atoms with Gasteiger partial charge in [0.15, 0.2) is 0 Å². The zero-order valence-corrected chi connectivity index (χ0v) is 7.25. The Morgan fingerprint density at radius 1 is 1.15 bits per heavy atom. The lowest BCUT2D eigenvalue weighted by Gasteiger charge is -1.96. The molecular weight excluding hydrogens is 180 g/mol. The van der Waals surface area contributed by atoms with E-state index in [1.165, 1.54) is 0 Å². The number of nitrogens with zero attached hydrogens (tertiary/aromatic N) is 1. The molecule has 0 bridgehead atoms. The first-order chi connectivity index (χ1) is 5.88. The van der Waals surface area contributed by atoms with Crippen molar-refractivity contribution in [3.05, 3.63) is 36.5 Å². The van der Waals surface area contributed by atoms with Gasteiger partial charge in [-0.15, -0.1) is 12.6 Å². The van der Waals surface area contributed by atoms with E-state index >= 15 is 0 Å². The summed E-state index contributed by atoms with van der Waals surface area (Å²) in [4.78, 5) is 0.876. The zero-order valence-electron chi connectivity index (χ0n) is 6.36. The van der Waals surface area contributed by atoms with Gasteiger partial charge >= 0.3 is 0 Å². The van der Waals surface area contributed by atoms with Crippen LogP contribution in [0.4, 0.5) is 0 Å². The van der Waals surface area contributed by atoms with Gasteiger partial charge in [0.05, 0.1) is 11.9 Å². The molecule has 0 spiro atoms. The van der Waals surface area contributed by atoms with E-state index in [2.05, 4.69) is 22.8 Å². The summed E-state index contributed by atoms with van der Waals surface area (Å²) in [5, 5.41) is 6.79. The summed E-state index contributed by atoms with van der Waals surface area (Å²) in [5.41, 5.74) is 2.08. The Kier molecular flexibility index (Phi) is 3.14. The van der Waals surface area contributed by atoms with E-state index in [1.54, 1.807) is 6.20 Å². The lowest BCUT2D eigenvalue weighted by molar-refractivity contribution is 1.10. The number of hydrogen-bond donors (Lipinski definition) is 2. The molecule has 3 heteroatoms. The Labute approximate surface area is 83.4 Å². The third-order valence-electron chi connectivity index (χ3n) is 1.68. The molecule has 1 aromatic carbocycles. The first-order valence-electron chi connectivity index (χ1n) is 3.65. The van der Waals surface area contributed by atoms with Gasteiger partial charge in [-0.1, -0.05) is 37.8 Å². The minimum absolute atomic E-state index is 0. The number of benzene rings is 1. The number of hydrogen-bond acceptors (Lipinski definition) is 2. The van der Waals surface area contributed by atoms with Crippen LogP contribution in [-0.2, 0) is 0 Å². The SMILES string of the molecule is C.Sc1cn[nH]c1-c1ccccc1. The molecule has 1 N–H and O–H groups in total. The first-order valence-corrected chi connectivity index (χ1v) is 4.10. The molecule has 0 aliphatic rings. The fraction of sp³-hybridized carbons (Fsp3) is 0.100. The summed E-state index contributed by atoms with van der Waals surface area (Å²) in [6.45, 7) is 0. The number of aromatic amines is 1. The first kappa shape index (κ1) is 9.86. The van der Waals surface area contributed by atoms with E-state index in [0.29, 0.717) is 0 Å². The van der Waals surface area contributed by atoms with Gasteiger partial charge in [0.25, 0.3) is 0 Å². The smallest absolute Gasteiger partial charge is 0.0783 e. The molecule has 0 fully saturated rings. The summed E-state index contributed by atoms with van der Waals surface area (Å²) in [5.74, 6) is 0. The normalized spacial score (nSPS) is 9.31. The molecule has 2 nitrogen and oxygen atoms in total. The third-order valence-corrected chi connectivity index (χ3v) is 2.02. The van der Waals surface area contributed by atoms with Gasteiger partial charge in [0.1, 0.15) is 0 Å². The number of rotatable bonds is 1. The fourth-order valence-corrected chi connectivity index (χ4v) is 1.33. The molecule has 0 amide bonds. The standard InChI is InChI=1S/C9H8N2S.CH4/c12-8-6-10-11-9(8)7-4-2-1-3-5-7;/h1-6,12H,(H,10,11);1H4. The molecule has 2 aromatic rings. The van der Waals surface area contributed by atoms with Gasteiger partial charge in [-0.05, 0) is 0 Å². The molecule has 0 aliphatic carbocycles. The quantitative estimate of drug-likeness (QED) is 0.668. The van der Waals surface area contributed by atoms with Crippen LogP contribution in [-0.4, -0.2) is 10.2 Å². The number of H-pyrrole nitrogens is 1. The highest BCUT2D eigenvalue weighted by molar-refractivity contribution is 7.80. The summed E-state index contributed by atoms with van der Waals surface area (Å²) >= 11 is 4.27. The second-order valence-corrected chi connectivity index (χ2v) is 2.98. The van der Waals surface area contributed by atoms with Gasteiger partial charge < -0.3 is 0 Å². The van der Waals surface area contributed by atoms with Crippen molar-refractivity contribution in [3.8, 4) is 11.3 Å². The number of thiol groups is 1. The summed E-state index contributed by atoms with van der Waals surface area (Å²) in [6, 6.07) is 10.0. The molecule has 0 unspecified atom stereocenters. The second kappa shape index (κ2) is 4.14. The van der Waals surface area contributed by atoms with Crippen LogP contribution in [0.25, 0.3) is 11.3 Å². The Balaban J connectivity index is 0.000000845. The monoisotopic (exact) mass is 192 g/mol. The van der Waals surface area contributed by atoms with Crippen LogP contribution in [0.3, 0.4) is 0 Å². The van der Waals surface area contributed by atoms with E-state index in [4.69, 9.17) is 0 Å². The van der Waals surface area contributed by atoms with Crippen LogP contribution < -0.4 is 0 Å². The minimum atomic E-state index is 0. The maximum atomic E-state index is 4.27. The van der Waals surface area contributed by atoms with Crippen LogP contribution in [0.2, 0.25) is 0 Å². The van der Waals surface area contributed by atoms with Crippen LogP contribution in [0, 0.1) is 0 Å². The molecular formula is C10H12N2S. The molecule has 1 heterocycles. The summed E-state index contributed by atoms with van der Waals surface area (Å²) in [6.07, 6.45) is 1.70. The molecule has 13 heavy (non-hydrogen) atoms. The lowest BCUT2D eigenvalue weighted by Crippen LogP contribution is -1.77. The maximum absolute atomic E-state index is 4.27. The van der Waals surface area contributed by atoms with E-state index in [1.807, 2.05) is 30.3 Å². The van der Waals surface area contributed by atoms with Crippen molar-refractivity contribution >= 4 is 12.6 Å². The largest absolute Gasteiger partial charge is 0.277 e. The van der Waals surface area contributed by atoms with Gasteiger partial charge in [0, 0.05) is 10.5 Å². The molecule has 0 atom stereocenters. The Bertz CT molecular complexity index is 367. The number of nitrogens with one attached hydrogen (secondary N) is 1. The Hall–Kier alpha value is -1.22. The van der Waals surface area contributed by atoms with Crippen LogP contribution in [0.5, 0.6) is 0 Å². The molecule has 0 aliphatic heterocycles. The highest BCUT2D eigenvalue weighted by Gasteiger charge is 2.01. The van der Waals surface area contributed by atoms with E-state index < -0.39 is 0 Å². The van der Waals surface area contributed by atoms with Crippen molar-refractivity contribution in [1.82, 2.24) is 10.2 Å². The molecule has 0 saturated heterocycles. The second-order valence-electron chi connectivity index (χ2n) is 2.50. The van der Waals surface area contributed by atoms with Crippen molar-refractivity contribution in [3.63, 3.8) is 0 Å². The van der Waals surface area contributed by atoms with Crippen LogP contribution in [0.15, 0.2) is 41.4 Å². The van der Waals surface area contributed by atoms with Crippen molar-refractivity contribution in [1.29, 1.82) is 0 Å². The van der Waals surface area contributed by atoms with E-state index in [0.717, 1.165) is 16.2 Å². The topological polar surface area (TPSA) is 28.7 Å². The van der Waals surface area contributed by atoms with Crippen molar-refractivity contribution in [2.75, 3.05) is 0 Å². The average Bonchev–Trinajstić information content (AvgIpc) is 2.53. The summed E-state index contributed by atoms with van der Waals surface area (Å²) < 4.78 is 0. The summed E-state index contributed by atoms with van der Waals surface area (Å²) in [7, 11) is 0. The van der Waals surface area contributed by atoms with Crippen molar-refractivity contribution in [2.45, 2.75) is 12.3 Å². The molecule has 68 valence electrons. The Morgan fingerprint density at radius 2 is 1.85 bits per heavy atom.